The van der Waals surface area contributed by atoms with Crippen molar-refractivity contribution in [3.63, 3.8) is 0 Å². The Morgan fingerprint density at radius 2 is 1.89 bits per heavy atom. The molecular formula is C22H21ClN4O. The van der Waals surface area contributed by atoms with Gasteiger partial charge in [-0.25, -0.2) is 4.98 Å². The first kappa shape index (κ1) is 18.5. The fourth-order valence-corrected chi connectivity index (χ4v) is 3.75. The van der Waals surface area contributed by atoms with Crippen LogP contribution in [0.5, 0.6) is 0 Å². The molecule has 0 unspecified atom stereocenters. The van der Waals surface area contributed by atoms with Crippen molar-refractivity contribution in [2.75, 3.05) is 23.7 Å². The maximum absolute atomic E-state index is 13.4. The van der Waals surface area contributed by atoms with E-state index in [1.165, 1.54) is 0 Å². The number of nitrogens with one attached hydrogen (secondary N) is 1. The lowest BCUT2D eigenvalue weighted by Gasteiger charge is -2.28. The number of rotatable bonds is 4. The molecule has 4 rings (SSSR count). The van der Waals surface area contributed by atoms with Crippen LogP contribution in [0, 0.1) is 0 Å². The monoisotopic (exact) mass is 392 g/mol. The Kier molecular flexibility index (Phi) is 5.28. The number of pyridine rings is 1. The molecule has 2 heterocycles. The maximum atomic E-state index is 13.4. The van der Waals surface area contributed by atoms with E-state index in [0.717, 1.165) is 30.6 Å². The lowest BCUT2D eigenvalue weighted by Crippen LogP contribution is -2.42. The summed E-state index contributed by atoms with van der Waals surface area (Å²) in [6.45, 7) is 1.59. The summed E-state index contributed by atoms with van der Waals surface area (Å²) in [5, 5.41) is 3.78. The molecule has 1 aliphatic rings. The number of carbonyl (C=O) groups excluding carboxylic acids is 1. The van der Waals surface area contributed by atoms with Gasteiger partial charge in [-0.15, -0.1) is 0 Å². The van der Waals surface area contributed by atoms with Crippen molar-refractivity contribution < 1.29 is 4.79 Å². The quantitative estimate of drug-likeness (QED) is 0.658. The van der Waals surface area contributed by atoms with E-state index in [2.05, 4.69) is 10.3 Å². The molecule has 6 heteroatoms. The number of aromatic nitrogens is 1. The standard InChI is InChI=1S/C22H21ClN4O/c23-19-5-3-12-26-21(19)27(17-11-13-25-14-17)22(28)16-9-7-15(8-10-16)18-4-1-2-6-20(18)24/h1-10,12,17,25H,11,13-14,24H2/t17-/m1/s1. The fraction of sp³-hybridized carbons (Fsp3) is 0.182. The van der Waals surface area contributed by atoms with Gasteiger partial charge in [-0.2, -0.15) is 0 Å². The van der Waals surface area contributed by atoms with Gasteiger partial charge in [0.15, 0.2) is 5.82 Å². The lowest BCUT2D eigenvalue weighted by atomic mass is 10.0. The molecular weight excluding hydrogens is 372 g/mol. The molecule has 5 nitrogen and oxygen atoms in total. The van der Waals surface area contributed by atoms with Crippen molar-refractivity contribution in [2.24, 2.45) is 0 Å². The first-order valence-electron chi connectivity index (χ1n) is 9.25. The SMILES string of the molecule is Nc1ccccc1-c1ccc(C(=O)N(c2ncccc2Cl)[C@@H]2CCNC2)cc1. The number of nitrogens with zero attached hydrogens (tertiary/aromatic N) is 2. The topological polar surface area (TPSA) is 71.2 Å². The molecule has 3 N–H and O–H groups in total. The van der Waals surface area contributed by atoms with Gasteiger partial charge in [0, 0.05) is 29.6 Å². The largest absolute Gasteiger partial charge is 0.398 e. The van der Waals surface area contributed by atoms with Gasteiger partial charge >= 0.3 is 0 Å². The summed E-state index contributed by atoms with van der Waals surface area (Å²) in [4.78, 5) is 19.5. The minimum atomic E-state index is -0.109. The highest BCUT2D eigenvalue weighted by Crippen LogP contribution is 2.29. The van der Waals surface area contributed by atoms with E-state index in [1.54, 1.807) is 23.2 Å². The average molecular weight is 393 g/mol. The number of amides is 1. The summed E-state index contributed by atoms with van der Waals surface area (Å²) in [6, 6.07) is 18.7. The first-order chi connectivity index (χ1) is 13.6. The van der Waals surface area contributed by atoms with Gasteiger partial charge in [-0.05, 0) is 48.9 Å². The highest BCUT2D eigenvalue weighted by Gasteiger charge is 2.31. The van der Waals surface area contributed by atoms with Gasteiger partial charge < -0.3 is 11.1 Å². The van der Waals surface area contributed by atoms with Crippen LogP contribution in [0.15, 0.2) is 66.9 Å². The number of hydrogen-bond acceptors (Lipinski definition) is 4. The van der Waals surface area contributed by atoms with Crippen LogP contribution in [0.1, 0.15) is 16.8 Å². The van der Waals surface area contributed by atoms with E-state index in [9.17, 15) is 4.79 Å². The zero-order valence-electron chi connectivity index (χ0n) is 15.3. The Morgan fingerprint density at radius 1 is 1.11 bits per heavy atom. The molecule has 1 aliphatic heterocycles. The Morgan fingerprint density at radius 3 is 2.57 bits per heavy atom. The molecule has 28 heavy (non-hydrogen) atoms. The maximum Gasteiger partial charge on any atom is 0.259 e. The summed E-state index contributed by atoms with van der Waals surface area (Å²) in [6.07, 6.45) is 2.52. The van der Waals surface area contributed by atoms with Crippen LogP contribution in [0.4, 0.5) is 11.5 Å². The summed E-state index contributed by atoms with van der Waals surface area (Å²) in [7, 11) is 0. The van der Waals surface area contributed by atoms with Gasteiger partial charge in [0.05, 0.1) is 11.1 Å². The van der Waals surface area contributed by atoms with E-state index in [1.807, 2.05) is 48.5 Å². The third kappa shape index (κ3) is 3.59. The Balaban J connectivity index is 1.67. The van der Waals surface area contributed by atoms with Gasteiger partial charge in [-0.1, -0.05) is 41.9 Å². The van der Waals surface area contributed by atoms with E-state index < -0.39 is 0 Å². The zero-order chi connectivity index (χ0) is 19.5. The number of nitrogen functional groups attached to an aromatic ring is 1. The third-order valence-electron chi connectivity index (χ3n) is 4.99. The molecule has 3 aromatic rings. The van der Waals surface area contributed by atoms with Gasteiger partial charge in [0.25, 0.3) is 5.91 Å². The number of halogens is 1. The number of anilines is 2. The van der Waals surface area contributed by atoms with E-state index >= 15 is 0 Å². The van der Waals surface area contributed by atoms with Crippen molar-refractivity contribution >= 4 is 29.0 Å². The number of para-hydroxylation sites is 1. The molecule has 1 fully saturated rings. The number of nitrogens with two attached hydrogens (primary N) is 1. The molecule has 1 atom stereocenters. The molecule has 0 bridgehead atoms. The molecule has 2 aromatic carbocycles. The zero-order valence-corrected chi connectivity index (χ0v) is 16.1. The van der Waals surface area contributed by atoms with E-state index in [4.69, 9.17) is 17.3 Å². The molecule has 0 aliphatic carbocycles. The average Bonchev–Trinajstić information content (AvgIpc) is 3.24. The second kappa shape index (κ2) is 8.00. The van der Waals surface area contributed by atoms with Gasteiger partial charge in [0.1, 0.15) is 0 Å². The predicted molar refractivity (Wildman–Crippen MR) is 114 cm³/mol. The Hall–Kier alpha value is -2.89. The Labute approximate surface area is 169 Å². The number of hydrogen-bond donors (Lipinski definition) is 2. The van der Waals surface area contributed by atoms with Crippen LogP contribution in [0.25, 0.3) is 11.1 Å². The normalized spacial score (nSPS) is 16.1. The second-order valence-electron chi connectivity index (χ2n) is 6.80. The molecule has 1 aromatic heterocycles. The first-order valence-corrected chi connectivity index (χ1v) is 9.62. The molecule has 0 radical (unpaired) electrons. The van der Waals surface area contributed by atoms with E-state index in [0.29, 0.717) is 22.1 Å². The second-order valence-corrected chi connectivity index (χ2v) is 7.20. The highest BCUT2D eigenvalue weighted by atomic mass is 35.5. The van der Waals surface area contributed by atoms with Crippen LogP contribution < -0.4 is 16.0 Å². The van der Waals surface area contributed by atoms with Crippen molar-refractivity contribution in [1.29, 1.82) is 0 Å². The molecule has 1 amide bonds. The highest BCUT2D eigenvalue weighted by molar-refractivity contribution is 6.33. The minimum absolute atomic E-state index is 0.0179. The summed E-state index contributed by atoms with van der Waals surface area (Å²) in [5.41, 5.74) is 9.29. The summed E-state index contributed by atoms with van der Waals surface area (Å²) in [5.74, 6) is 0.390. The van der Waals surface area contributed by atoms with Crippen LogP contribution in [0.2, 0.25) is 5.02 Å². The van der Waals surface area contributed by atoms with Crippen LogP contribution in [0.3, 0.4) is 0 Å². The summed E-state index contributed by atoms with van der Waals surface area (Å²) >= 11 is 6.36. The summed E-state index contributed by atoms with van der Waals surface area (Å²) < 4.78 is 0. The van der Waals surface area contributed by atoms with Crippen molar-refractivity contribution in [3.8, 4) is 11.1 Å². The Bertz CT molecular complexity index is 984. The number of carbonyl (C=O) groups is 1. The molecule has 142 valence electrons. The smallest absolute Gasteiger partial charge is 0.259 e. The van der Waals surface area contributed by atoms with Crippen molar-refractivity contribution in [2.45, 2.75) is 12.5 Å². The molecule has 1 saturated heterocycles. The lowest BCUT2D eigenvalue weighted by molar-refractivity contribution is 0.0977. The fourth-order valence-electron chi connectivity index (χ4n) is 3.54. The van der Waals surface area contributed by atoms with Gasteiger partial charge in [-0.3, -0.25) is 9.69 Å². The van der Waals surface area contributed by atoms with Crippen LogP contribution in [-0.4, -0.2) is 30.0 Å². The molecule has 0 saturated carbocycles. The van der Waals surface area contributed by atoms with Gasteiger partial charge in [0.2, 0.25) is 0 Å². The van der Waals surface area contributed by atoms with Crippen LogP contribution in [-0.2, 0) is 0 Å². The number of benzene rings is 2. The predicted octanol–water partition coefficient (Wildman–Crippen LogP) is 3.99. The van der Waals surface area contributed by atoms with Crippen molar-refractivity contribution in [3.05, 3.63) is 77.4 Å². The third-order valence-corrected chi connectivity index (χ3v) is 5.28. The van der Waals surface area contributed by atoms with Crippen LogP contribution >= 0.6 is 11.6 Å². The van der Waals surface area contributed by atoms with Crippen molar-refractivity contribution in [1.82, 2.24) is 10.3 Å². The van der Waals surface area contributed by atoms with E-state index in [-0.39, 0.29) is 11.9 Å². The minimum Gasteiger partial charge on any atom is -0.398 e. The molecule has 0 spiro atoms.